The van der Waals surface area contributed by atoms with Crippen LogP contribution in [0.4, 0.5) is 0 Å². The van der Waals surface area contributed by atoms with E-state index in [1.54, 1.807) is 0 Å². The normalized spacial score (nSPS) is 10.9. The SMILES string of the molecule is CCCCCCCCCCCCCCCCC(=O)NCCOCCOCC=O. The molecule has 0 atom stereocenters. The van der Waals surface area contributed by atoms with E-state index < -0.39 is 0 Å². The van der Waals surface area contributed by atoms with Gasteiger partial charge in [0.05, 0.1) is 19.8 Å². The molecule has 0 radical (unpaired) electrons. The van der Waals surface area contributed by atoms with Crippen molar-refractivity contribution in [2.45, 2.75) is 103 Å². The molecule has 1 N–H and O–H groups in total. The van der Waals surface area contributed by atoms with Crippen LogP contribution in [-0.4, -0.2) is 45.2 Å². The van der Waals surface area contributed by atoms with E-state index in [1.165, 1.54) is 77.0 Å². The first-order valence-electron chi connectivity index (χ1n) is 11.7. The van der Waals surface area contributed by atoms with Gasteiger partial charge < -0.3 is 19.6 Å². The minimum absolute atomic E-state index is 0.110. The molecule has 0 fully saturated rings. The van der Waals surface area contributed by atoms with Gasteiger partial charge in [0.25, 0.3) is 0 Å². The number of ether oxygens (including phenoxy) is 2. The number of carbonyl (C=O) groups is 2. The van der Waals surface area contributed by atoms with Gasteiger partial charge >= 0.3 is 0 Å². The zero-order valence-electron chi connectivity index (χ0n) is 18.4. The maximum absolute atomic E-state index is 11.7. The molecular weight excluding hydrogens is 354 g/mol. The molecule has 0 bridgehead atoms. The lowest BCUT2D eigenvalue weighted by Gasteiger charge is -2.06. The molecule has 0 heterocycles. The van der Waals surface area contributed by atoms with Crippen molar-refractivity contribution in [3.05, 3.63) is 0 Å². The van der Waals surface area contributed by atoms with Gasteiger partial charge in [0.1, 0.15) is 12.9 Å². The summed E-state index contributed by atoms with van der Waals surface area (Å²) in [5, 5.41) is 2.87. The molecule has 5 nitrogen and oxygen atoms in total. The highest BCUT2D eigenvalue weighted by Crippen LogP contribution is 2.13. The average Bonchev–Trinajstić information content (AvgIpc) is 2.70. The third-order valence-electron chi connectivity index (χ3n) is 4.88. The molecule has 28 heavy (non-hydrogen) atoms. The Morgan fingerprint density at radius 2 is 1.21 bits per heavy atom. The molecule has 5 heteroatoms. The molecule has 0 aliphatic rings. The molecule has 0 unspecified atom stereocenters. The van der Waals surface area contributed by atoms with Crippen LogP contribution < -0.4 is 5.32 Å². The molecule has 0 spiro atoms. The van der Waals surface area contributed by atoms with Gasteiger partial charge in [0.2, 0.25) is 5.91 Å². The minimum Gasteiger partial charge on any atom is -0.377 e. The minimum atomic E-state index is 0.110. The maximum atomic E-state index is 11.7. The summed E-state index contributed by atoms with van der Waals surface area (Å²) in [5.74, 6) is 0.111. The highest BCUT2D eigenvalue weighted by Gasteiger charge is 2.00. The van der Waals surface area contributed by atoms with Gasteiger partial charge in [-0.05, 0) is 6.42 Å². The molecule has 0 aromatic rings. The van der Waals surface area contributed by atoms with Crippen LogP contribution in [0.2, 0.25) is 0 Å². The van der Waals surface area contributed by atoms with Crippen LogP contribution in [0.15, 0.2) is 0 Å². The number of hydrogen-bond donors (Lipinski definition) is 1. The summed E-state index contributed by atoms with van der Waals surface area (Å²) in [5.41, 5.74) is 0. The lowest BCUT2D eigenvalue weighted by atomic mass is 10.0. The summed E-state index contributed by atoms with van der Waals surface area (Å²) in [4.78, 5) is 21.7. The molecule has 1 amide bonds. The molecule has 0 rings (SSSR count). The first kappa shape index (κ1) is 27.1. The van der Waals surface area contributed by atoms with Gasteiger partial charge in [-0.25, -0.2) is 0 Å². The lowest BCUT2D eigenvalue weighted by molar-refractivity contribution is -0.121. The van der Waals surface area contributed by atoms with E-state index in [9.17, 15) is 9.59 Å². The van der Waals surface area contributed by atoms with Crippen LogP contribution >= 0.6 is 0 Å². The summed E-state index contributed by atoms with van der Waals surface area (Å²) >= 11 is 0. The van der Waals surface area contributed by atoms with Gasteiger partial charge in [-0.2, -0.15) is 0 Å². The highest BCUT2D eigenvalue weighted by atomic mass is 16.5. The highest BCUT2D eigenvalue weighted by molar-refractivity contribution is 5.75. The summed E-state index contributed by atoms with van der Waals surface area (Å²) in [6.45, 7) is 4.25. The van der Waals surface area contributed by atoms with E-state index in [1.807, 2.05) is 0 Å². The average molecular weight is 400 g/mol. The summed E-state index contributed by atoms with van der Waals surface area (Å²) in [7, 11) is 0. The van der Waals surface area contributed by atoms with E-state index in [2.05, 4.69) is 12.2 Å². The zero-order valence-corrected chi connectivity index (χ0v) is 18.4. The Morgan fingerprint density at radius 3 is 1.75 bits per heavy atom. The molecule has 0 aromatic heterocycles. The second-order valence-corrected chi connectivity index (χ2v) is 7.55. The number of carbonyl (C=O) groups excluding carboxylic acids is 2. The maximum Gasteiger partial charge on any atom is 0.220 e. The van der Waals surface area contributed by atoms with Gasteiger partial charge in [-0.1, -0.05) is 90.4 Å². The first-order chi connectivity index (χ1) is 13.8. The molecular formula is C23H45NO4. The smallest absolute Gasteiger partial charge is 0.220 e. The Hall–Kier alpha value is -0.940. The van der Waals surface area contributed by atoms with E-state index in [0.29, 0.717) is 32.8 Å². The van der Waals surface area contributed by atoms with Crippen LogP contribution in [-0.2, 0) is 19.1 Å². The molecule has 0 saturated heterocycles. The van der Waals surface area contributed by atoms with Crippen molar-refractivity contribution in [1.82, 2.24) is 5.32 Å². The van der Waals surface area contributed by atoms with Crippen LogP contribution in [0.1, 0.15) is 103 Å². The van der Waals surface area contributed by atoms with Gasteiger partial charge in [-0.3, -0.25) is 4.79 Å². The van der Waals surface area contributed by atoms with Gasteiger partial charge in [-0.15, -0.1) is 0 Å². The van der Waals surface area contributed by atoms with Gasteiger partial charge in [0, 0.05) is 13.0 Å². The molecule has 0 aromatic carbocycles. The predicted octanol–water partition coefficient (Wildman–Crippen LogP) is 5.21. The van der Waals surface area contributed by atoms with Crippen LogP contribution in [0, 0.1) is 0 Å². The lowest BCUT2D eigenvalue weighted by Crippen LogP contribution is -2.27. The van der Waals surface area contributed by atoms with E-state index in [4.69, 9.17) is 9.47 Å². The van der Waals surface area contributed by atoms with E-state index in [-0.39, 0.29) is 12.5 Å². The van der Waals surface area contributed by atoms with Crippen molar-refractivity contribution in [2.24, 2.45) is 0 Å². The number of amides is 1. The Morgan fingerprint density at radius 1 is 0.714 bits per heavy atom. The number of unbranched alkanes of at least 4 members (excludes halogenated alkanes) is 13. The fourth-order valence-electron chi connectivity index (χ4n) is 3.18. The quantitative estimate of drug-likeness (QED) is 0.189. The van der Waals surface area contributed by atoms with Crippen molar-refractivity contribution in [3.8, 4) is 0 Å². The second-order valence-electron chi connectivity index (χ2n) is 7.55. The topological polar surface area (TPSA) is 64.6 Å². The Balaban J connectivity index is 3.13. The monoisotopic (exact) mass is 399 g/mol. The van der Waals surface area contributed by atoms with Crippen molar-refractivity contribution >= 4 is 12.2 Å². The second kappa shape index (κ2) is 24.1. The standard InChI is InChI=1S/C23H45NO4/c1-2-3-4-5-6-7-8-9-10-11-12-13-14-15-16-23(26)24-17-19-27-21-22-28-20-18-25/h18H,2-17,19-22H2,1H3,(H,24,26). The van der Waals surface area contributed by atoms with Crippen molar-refractivity contribution in [2.75, 3.05) is 33.0 Å². The third kappa shape index (κ3) is 23.1. The van der Waals surface area contributed by atoms with E-state index >= 15 is 0 Å². The molecule has 166 valence electrons. The number of nitrogens with one attached hydrogen (secondary N) is 1. The summed E-state index contributed by atoms with van der Waals surface area (Å²) in [6.07, 6.45) is 19.9. The van der Waals surface area contributed by atoms with Crippen molar-refractivity contribution < 1.29 is 19.1 Å². The fourth-order valence-corrected chi connectivity index (χ4v) is 3.18. The first-order valence-corrected chi connectivity index (χ1v) is 11.7. The third-order valence-corrected chi connectivity index (χ3v) is 4.88. The van der Waals surface area contributed by atoms with Crippen LogP contribution in [0.25, 0.3) is 0 Å². The van der Waals surface area contributed by atoms with Crippen LogP contribution in [0.5, 0.6) is 0 Å². The predicted molar refractivity (Wildman–Crippen MR) is 116 cm³/mol. The van der Waals surface area contributed by atoms with Crippen molar-refractivity contribution in [3.63, 3.8) is 0 Å². The number of rotatable bonds is 23. The molecule has 0 saturated carbocycles. The molecule has 0 aliphatic heterocycles. The Kier molecular flexibility index (Phi) is 23.3. The van der Waals surface area contributed by atoms with Crippen LogP contribution in [0.3, 0.4) is 0 Å². The Bertz CT molecular complexity index is 337. The van der Waals surface area contributed by atoms with E-state index in [0.717, 1.165) is 19.1 Å². The van der Waals surface area contributed by atoms with Crippen molar-refractivity contribution in [1.29, 1.82) is 0 Å². The Labute approximate surface area is 173 Å². The largest absolute Gasteiger partial charge is 0.377 e. The summed E-state index contributed by atoms with van der Waals surface area (Å²) < 4.78 is 10.3. The zero-order chi connectivity index (χ0) is 20.5. The molecule has 0 aliphatic carbocycles. The fraction of sp³-hybridized carbons (Fsp3) is 0.913. The number of aldehydes is 1. The van der Waals surface area contributed by atoms with Gasteiger partial charge in [0.15, 0.2) is 0 Å². The summed E-state index contributed by atoms with van der Waals surface area (Å²) in [6, 6.07) is 0. The number of hydrogen-bond acceptors (Lipinski definition) is 4.